The van der Waals surface area contributed by atoms with Crippen molar-refractivity contribution in [2.45, 2.75) is 12.8 Å². The fourth-order valence-corrected chi connectivity index (χ4v) is 3.37. The molecule has 0 unspecified atom stereocenters. The lowest BCUT2D eigenvalue weighted by atomic mass is 10.0. The average Bonchev–Trinajstić information content (AvgIpc) is 3.07. The molecular formula is C23H18Cl2O3. The van der Waals surface area contributed by atoms with Crippen LogP contribution in [0.25, 0.3) is 12.2 Å². The summed E-state index contributed by atoms with van der Waals surface area (Å²) >= 11 is 11.1. The van der Waals surface area contributed by atoms with Crippen molar-refractivity contribution in [2.24, 2.45) is 0 Å². The largest absolute Gasteiger partial charge is 0.293 e. The Labute approximate surface area is 173 Å². The molecule has 1 saturated carbocycles. The van der Waals surface area contributed by atoms with Gasteiger partial charge in [0.05, 0.1) is 11.8 Å². The van der Waals surface area contributed by atoms with E-state index in [4.69, 9.17) is 23.2 Å². The molecule has 0 aliphatic heterocycles. The van der Waals surface area contributed by atoms with Gasteiger partial charge in [0.25, 0.3) is 0 Å². The molecule has 3 nitrogen and oxygen atoms in total. The maximum atomic E-state index is 12.7. The SMILES string of the molecule is O=C1/C(=C\c2ccc(C(=O)CCl)cc2)CC/C1=C/c1ccc(C(=O)CCl)cc1. The van der Waals surface area contributed by atoms with Crippen LogP contribution in [0, 0.1) is 0 Å². The number of hydrogen-bond donors (Lipinski definition) is 0. The van der Waals surface area contributed by atoms with Crippen molar-refractivity contribution in [2.75, 3.05) is 11.8 Å². The lowest BCUT2D eigenvalue weighted by Gasteiger charge is -2.01. The van der Waals surface area contributed by atoms with Gasteiger partial charge in [0, 0.05) is 22.3 Å². The zero-order chi connectivity index (χ0) is 20.1. The normalized spacial score (nSPS) is 16.7. The average molecular weight is 413 g/mol. The van der Waals surface area contributed by atoms with Crippen LogP contribution in [-0.4, -0.2) is 29.1 Å². The molecule has 0 heterocycles. The number of carbonyl (C=O) groups excluding carboxylic acids is 3. The van der Waals surface area contributed by atoms with Crippen molar-refractivity contribution in [3.05, 3.63) is 81.9 Å². The molecule has 0 aromatic heterocycles. The lowest BCUT2D eigenvalue weighted by Crippen LogP contribution is -2.00. The highest BCUT2D eigenvalue weighted by Gasteiger charge is 2.23. The van der Waals surface area contributed by atoms with Crippen LogP contribution in [0.3, 0.4) is 0 Å². The van der Waals surface area contributed by atoms with Gasteiger partial charge in [-0.25, -0.2) is 0 Å². The Kier molecular flexibility index (Phi) is 6.61. The first kappa shape index (κ1) is 20.2. The van der Waals surface area contributed by atoms with E-state index < -0.39 is 0 Å². The van der Waals surface area contributed by atoms with Crippen LogP contribution in [0.15, 0.2) is 59.7 Å². The van der Waals surface area contributed by atoms with Crippen LogP contribution in [0.2, 0.25) is 0 Å². The van der Waals surface area contributed by atoms with Crippen LogP contribution >= 0.6 is 23.2 Å². The number of rotatable bonds is 6. The van der Waals surface area contributed by atoms with Crippen LogP contribution < -0.4 is 0 Å². The van der Waals surface area contributed by atoms with Gasteiger partial charge in [0.2, 0.25) is 0 Å². The second-order valence-corrected chi connectivity index (χ2v) is 7.06. The first-order valence-electron chi connectivity index (χ1n) is 8.86. The van der Waals surface area contributed by atoms with Gasteiger partial charge in [-0.1, -0.05) is 48.5 Å². The number of hydrogen-bond acceptors (Lipinski definition) is 3. The van der Waals surface area contributed by atoms with Crippen LogP contribution in [0.4, 0.5) is 0 Å². The monoisotopic (exact) mass is 412 g/mol. The predicted molar refractivity (Wildman–Crippen MR) is 113 cm³/mol. The van der Waals surface area contributed by atoms with E-state index in [9.17, 15) is 14.4 Å². The summed E-state index contributed by atoms with van der Waals surface area (Å²) in [5, 5.41) is 0. The Hall–Kier alpha value is -2.49. The maximum Gasteiger partial charge on any atom is 0.185 e. The highest BCUT2D eigenvalue weighted by Crippen LogP contribution is 2.29. The van der Waals surface area contributed by atoms with E-state index in [2.05, 4.69) is 0 Å². The molecule has 0 N–H and O–H groups in total. The predicted octanol–water partition coefficient (Wildman–Crippen LogP) is 5.36. The Balaban J connectivity index is 1.75. The van der Waals surface area contributed by atoms with Gasteiger partial charge >= 0.3 is 0 Å². The van der Waals surface area contributed by atoms with Gasteiger partial charge in [0.1, 0.15) is 0 Å². The van der Waals surface area contributed by atoms with Crippen LogP contribution in [0.5, 0.6) is 0 Å². The number of Topliss-reactive ketones (excluding diaryl/α,β-unsaturated/α-hetero) is 3. The third kappa shape index (κ3) is 4.67. The topological polar surface area (TPSA) is 51.2 Å². The highest BCUT2D eigenvalue weighted by molar-refractivity contribution is 6.30. The Morgan fingerprint density at radius 1 is 0.714 bits per heavy atom. The summed E-state index contributed by atoms with van der Waals surface area (Å²) in [5.41, 5.74) is 4.37. The smallest absolute Gasteiger partial charge is 0.185 e. The molecule has 0 spiro atoms. The molecule has 2 aromatic carbocycles. The molecule has 0 saturated heterocycles. The van der Waals surface area contributed by atoms with Gasteiger partial charge < -0.3 is 0 Å². The Morgan fingerprint density at radius 3 is 1.39 bits per heavy atom. The van der Waals surface area contributed by atoms with E-state index in [-0.39, 0.29) is 29.1 Å². The summed E-state index contributed by atoms with van der Waals surface area (Å²) in [7, 11) is 0. The zero-order valence-corrected chi connectivity index (χ0v) is 16.6. The third-order valence-corrected chi connectivity index (χ3v) is 5.12. The molecule has 142 valence electrons. The second kappa shape index (κ2) is 9.13. The van der Waals surface area contributed by atoms with Crippen molar-refractivity contribution >= 4 is 52.7 Å². The van der Waals surface area contributed by atoms with Crippen molar-refractivity contribution < 1.29 is 14.4 Å². The molecule has 5 heteroatoms. The Morgan fingerprint density at radius 2 is 1.07 bits per heavy atom. The van der Waals surface area contributed by atoms with Crippen molar-refractivity contribution in [3.8, 4) is 0 Å². The lowest BCUT2D eigenvalue weighted by molar-refractivity contribution is -0.111. The molecule has 0 bridgehead atoms. The number of benzene rings is 2. The first-order valence-corrected chi connectivity index (χ1v) is 9.93. The highest BCUT2D eigenvalue weighted by atomic mass is 35.5. The van der Waals surface area contributed by atoms with Gasteiger partial charge in [-0.2, -0.15) is 0 Å². The number of alkyl halides is 2. The minimum absolute atomic E-state index is 0.0295. The van der Waals surface area contributed by atoms with E-state index in [1.807, 2.05) is 36.4 Å². The quantitative estimate of drug-likeness (QED) is 0.364. The summed E-state index contributed by atoms with van der Waals surface area (Å²) in [5.74, 6) is -0.312. The summed E-state index contributed by atoms with van der Waals surface area (Å²) in [6.45, 7) is 0. The summed E-state index contributed by atoms with van der Waals surface area (Å²) in [6.07, 6.45) is 5.08. The number of allylic oxidation sites excluding steroid dienone is 2. The van der Waals surface area contributed by atoms with E-state index in [1.54, 1.807) is 24.3 Å². The van der Waals surface area contributed by atoms with Gasteiger partial charge in [-0.15, -0.1) is 23.2 Å². The number of ketones is 3. The molecule has 1 aliphatic carbocycles. The minimum atomic E-state index is -0.123. The van der Waals surface area contributed by atoms with E-state index in [0.29, 0.717) is 24.0 Å². The van der Waals surface area contributed by atoms with Crippen molar-refractivity contribution in [3.63, 3.8) is 0 Å². The Bertz CT molecular complexity index is 888. The zero-order valence-electron chi connectivity index (χ0n) is 15.1. The van der Waals surface area contributed by atoms with E-state index in [0.717, 1.165) is 22.3 Å². The fraction of sp³-hybridized carbons (Fsp3) is 0.174. The molecule has 0 atom stereocenters. The van der Waals surface area contributed by atoms with Gasteiger partial charge in [-0.3, -0.25) is 14.4 Å². The summed E-state index contributed by atoms with van der Waals surface area (Å²) in [6, 6.07) is 14.1. The van der Waals surface area contributed by atoms with Crippen LogP contribution in [-0.2, 0) is 4.79 Å². The summed E-state index contributed by atoms with van der Waals surface area (Å²) in [4.78, 5) is 35.8. The van der Waals surface area contributed by atoms with Gasteiger partial charge in [0.15, 0.2) is 17.3 Å². The van der Waals surface area contributed by atoms with Crippen molar-refractivity contribution in [1.82, 2.24) is 0 Å². The molecule has 1 fully saturated rings. The standard InChI is InChI=1S/C23H18Cl2O3/c24-13-21(26)17-5-1-15(2-6-17)11-19-9-10-20(23(19)28)12-16-3-7-18(8-4-16)22(27)14-25/h1-8,11-12H,9-10,13-14H2/b19-11-,20-12-. The number of halogens is 2. The molecule has 2 aromatic rings. The summed E-state index contributed by atoms with van der Waals surface area (Å²) < 4.78 is 0. The molecule has 0 radical (unpaired) electrons. The molecule has 1 aliphatic rings. The van der Waals surface area contributed by atoms with E-state index >= 15 is 0 Å². The maximum absolute atomic E-state index is 12.7. The first-order chi connectivity index (χ1) is 13.5. The fourth-order valence-electron chi connectivity index (χ4n) is 3.07. The van der Waals surface area contributed by atoms with Crippen LogP contribution in [0.1, 0.15) is 44.7 Å². The molecule has 28 heavy (non-hydrogen) atoms. The molecular weight excluding hydrogens is 395 g/mol. The molecule has 0 amide bonds. The molecule has 3 rings (SSSR count). The number of carbonyl (C=O) groups is 3. The van der Waals surface area contributed by atoms with Crippen molar-refractivity contribution in [1.29, 1.82) is 0 Å². The minimum Gasteiger partial charge on any atom is -0.293 e. The van der Waals surface area contributed by atoms with Gasteiger partial charge in [-0.05, 0) is 36.1 Å². The van der Waals surface area contributed by atoms with E-state index in [1.165, 1.54) is 0 Å². The second-order valence-electron chi connectivity index (χ2n) is 6.53. The third-order valence-electron chi connectivity index (χ3n) is 4.64.